The van der Waals surface area contributed by atoms with Gasteiger partial charge in [0, 0.05) is 5.56 Å². The van der Waals surface area contributed by atoms with Crippen molar-refractivity contribution in [1.29, 1.82) is 0 Å². The van der Waals surface area contributed by atoms with Crippen LogP contribution in [0.1, 0.15) is 41.8 Å². The van der Waals surface area contributed by atoms with Gasteiger partial charge in [-0.25, -0.2) is 0 Å². The van der Waals surface area contributed by atoms with Crippen LogP contribution < -0.4 is 5.32 Å². The molecule has 0 radical (unpaired) electrons. The minimum Gasteiger partial charge on any atom is -0.469 e. The van der Waals surface area contributed by atoms with Crippen LogP contribution in [0.5, 0.6) is 0 Å². The summed E-state index contributed by atoms with van der Waals surface area (Å²) in [6.45, 7) is 7.33. The second kappa shape index (κ2) is 5.87. The molecule has 18 heavy (non-hydrogen) atoms. The smallest absolute Gasteiger partial charge is 0.101 e. The van der Waals surface area contributed by atoms with Gasteiger partial charge in [0.2, 0.25) is 0 Å². The summed E-state index contributed by atoms with van der Waals surface area (Å²) in [5.74, 6) is 0.960. The van der Waals surface area contributed by atoms with Crippen LogP contribution >= 0.6 is 0 Å². The summed E-state index contributed by atoms with van der Waals surface area (Å²) in [5, 5.41) is 3.60. The van der Waals surface area contributed by atoms with Gasteiger partial charge in [-0.3, -0.25) is 0 Å². The third kappa shape index (κ3) is 2.82. The summed E-state index contributed by atoms with van der Waals surface area (Å²) in [6.07, 6.45) is 2.98. The molecule has 1 heterocycles. The van der Waals surface area contributed by atoms with Gasteiger partial charge < -0.3 is 9.73 Å². The average molecular weight is 243 g/mol. The molecule has 0 amide bonds. The molecule has 1 aromatic carbocycles. The fourth-order valence-corrected chi connectivity index (χ4v) is 2.22. The van der Waals surface area contributed by atoms with Gasteiger partial charge in [-0.15, -0.1) is 0 Å². The molecule has 0 aliphatic rings. The van der Waals surface area contributed by atoms with E-state index in [0.29, 0.717) is 0 Å². The molecule has 1 aromatic heterocycles. The first kappa shape index (κ1) is 12.9. The Hall–Kier alpha value is -1.54. The monoisotopic (exact) mass is 243 g/mol. The first-order chi connectivity index (χ1) is 8.72. The zero-order chi connectivity index (χ0) is 13.0. The first-order valence-electron chi connectivity index (χ1n) is 6.56. The van der Waals surface area contributed by atoms with Crippen LogP contribution in [0.2, 0.25) is 0 Å². The highest BCUT2D eigenvalue weighted by Gasteiger charge is 2.16. The van der Waals surface area contributed by atoms with Crippen LogP contribution in [0, 0.1) is 13.8 Å². The highest BCUT2D eigenvalue weighted by Crippen LogP contribution is 2.26. The van der Waals surface area contributed by atoms with E-state index in [1.807, 2.05) is 13.2 Å². The lowest BCUT2D eigenvalue weighted by atomic mass is 9.96. The zero-order valence-corrected chi connectivity index (χ0v) is 11.4. The Morgan fingerprint density at radius 1 is 1.22 bits per heavy atom. The number of hydrogen-bond acceptors (Lipinski definition) is 2. The summed E-state index contributed by atoms with van der Waals surface area (Å²) in [5.41, 5.74) is 3.84. The molecule has 2 rings (SSSR count). The topological polar surface area (TPSA) is 25.2 Å². The lowest BCUT2D eigenvalue weighted by Crippen LogP contribution is -2.23. The van der Waals surface area contributed by atoms with Crippen molar-refractivity contribution < 1.29 is 4.42 Å². The van der Waals surface area contributed by atoms with Crippen LogP contribution in [0.4, 0.5) is 0 Å². The zero-order valence-electron chi connectivity index (χ0n) is 11.4. The predicted octanol–water partition coefficient (Wildman–Crippen LogP) is 3.99. The molecule has 96 valence electrons. The van der Waals surface area contributed by atoms with Gasteiger partial charge >= 0.3 is 0 Å². The lowest BCUT2D eigenvalue weighted by molar-refractivity contribution is 0.523. The fourth-order valence-electron chi connectivity index (χ4n) is 2.22. The lowest BCUT2D eigenvalue weighted by Gasteiger charge is -2.19. The molecule has 1 atom stereocenters. The molecule has 0 spiro atoms. The minimum atomic E-state index is 0.226. The number of benzene rings is 1. The van der Waals surface area contributed by atoms with Crippen molar-refractivity contribution in [3.05, 3.63) is 59.0 Å². The van der Waals surface area contributed by atoms with E-state index >= 15 is 0 Å². The van der Waals surface area contributed by atoms with E-state index in [-0.39, 0.29) is 6.04 Å². The van der Waals surface area contributed by atoms with Crippen molar-refractivity contribution in [2.45, 2.75) is 33.2 Å². The van der Waals surface area contributed by atoms with Crippen molar-refractivity contribution in [3.63, 3.8) is 0 Å². The molecule has 1 unspecified atom stereocenters. The van der Waals surface area contributed by atoms with Gasteiger partial charge in [-0.2, -0.15) is 0 Å². The van der Waals surface area contributed by atoms with Gasteiger partial charge in [0.1, 0.15) is 5.76 Å². The van der Waals surface area contributed by atoms with E-state index < -0.39 is 0 Å². The Morgan fingerprint density at radius 3 is 2.61 bits per heavy atom. The number of furan rings is 1. The third-order valence-electron chi connectivity index (χ3n) is 3.18. The normalized spacial score (nSPS) is 12.6. The van der Waals surface area contributed by atoms with Gasteiger partial charge in [-0.1, -0.05) is 31.2 Å². The van der Waals surface area contributed by atoms with Crippen LogP contribution in [0.3, 0.4) is 0 Å². The first-order valence-corrected chi connectivity index (χ1v) is 6.56. The molecule has 0 fully saturated rings. The van der Waals surface area contributed by atoms with Gasteiger partial charge in [0.15, 0.2) is 0 Å². The molecule has 0 bridgehead atoms. The highest BCUT2D eigenvalue weighted by molar-refractivity contribution is 5.36. The van der Waals surface area contributed by atoms with Crippen LogP contribution in [0.25, 0.3) is 0 Å². The second-order valence-corrected chi connectivity index (χ2v) is 4.73. The Labute approximate surface area is 109 Å². The summed E-state index contributed by atoms with van der Waals surface area (Å²) < 4.78 is 5.45. The summed E-state index contributed by atoms with van der Waals surface area (Å²) in [7, 11) is 0. The van der Waals surface area contributed by atoms with Gasteiger partial charge in [0.05, 0.1) is 12.3 Å². The molecule has 2 aromatic rings. The number of hydrogen-bond donors (Lipinski definition) is 1. The fraction of sp³-hybridized carbons (Fsp3) is 0.375. The van der Waals surface area contributed by atoms with Crippen molar-refractivity contribution >= 4 is 0 Å². The Bertz CT molecular complexity index is 501. The van der Waals surface area contributed by atoms with Crippen LogP contribution in [-0.4, -0.2) is 6.54 Å². The largest absolute Gasteiger partial charge is 0.469 e. The molecule has 2 heteroatoms. The quantitative estimate of drug-likeness (QED) is 0.859. The highest BCUT2D eigenvalue weighted by atomic mass is 16.3. The number of nitrogens with one attached hydrogen (secondary N) is 1. The van der Waals surface area contributed by atoms with Crippen molar-refractivity contribution in [1.82, 2.24) is 5.32 Å². The molecule has 0 aliphatic heterocycles. The van der Waals surface area contributed by atoms with E-state index in [1.54, 1.807) is 0 Å². The Morgan fingerprint density at radius 2 is 2.00 bits per heavy atom. The minimum absolute atomic E-state index is 0.226. The second-order valence-electron chi connectivity index (χ2n) is 4.73. The van der Waals surface area contributed by atoms with Crippen LogP contribution in [-0.2, 0) is 0 Å². The van der Waals surface area contributed by atoms with E-state index in [4.69, 9.17) is 4.42 Å². The molecule has 0 aliphatic carbocycles. The maximum Gasteiger partial charge on any atom is 0.101 e. The summed E-state index contributed by atoms with van der Waals surface area (Å²) in [6, 6.07) is 10.9. The van der Waals surface area contributed by atoms with E-state index in [2.05, 4.69) is 49.5 Å². The van der Waals surface area contributed by atoms with Gasteiger partial charge in [-0.05, 0) is 44.0 Å². The predicted molar refractivity (Wildman–Crippen MR) is 74.8 cm³/mol. The Kier molecular flexibility index (Phi) is 4.21. The number of rotatable bonds is 5. The maximum atomic E-state index is 5.45. The molecular formula is C16H21NO. The molecule has 0 saturated carbocycles. The van der Waals surface area contributed by atoms with Gasteiger partial charge in [0.25, 0.3) is 0 Å². The van der Waals surface area contributed by atoms with Crippen molar-refractivity contribution in [3.8, 4) is 0 Å². The average Bonchev–Trinajstić information content (AvgIpc) is 2.78. The van der Waals surface area contributed by atoms with Crippen molar-refractivity contribution in [2.24, 2.45) is 0 Å². The molecule has 0 saturated heterocycles. The third-order valence-corrected chi connectivity index (χ3v) is 3.18. The standard InChI is InChI=1S/C16H21NO/c1-4-9-17-16(14-10-13(3)18-11-14)15-8-6-5-7-12(15)2/h5-8,10-11,16-17H,4,9H2,1-3H3. The molecular weight excluding hydrogens is 222 g/mol. The Balaban J connectivity index is 2.33. The molecule has 1 N–H and O–H groups in total. The summed E-state index contributed by atoms with van der Waals surface area (Å²) in [4.78, 5) is 0. The summed E-state index contributed by atoms with van der Waals surface area (Å²) >= 11 is 0. The number of aryl methyl sites for hydroxylation is 2. The maximum absolute atomic E-state index is 5.45. The van der Waals surface area contributed by atoms with E-state index in [0.717, 1.165) is 18.7 Å². The van der Waals surface area contributed by atoms with E-state index in [9.17, 15) is 0 Å². The SMILES string of the molecule is CCCNC(c1coc(C)c1)c1ccccc1C. The van der Waals surface area contributed by atoms with Crippen LogP contribution in [0.15, 0.2) is 41.0 Å². The van der Waals surface area contributed by atoms with E-state index in [1.165, 1.54) is 16.7 Å². The molecule has 2 nitrogen and oxygen atoms in total. The van der Waals surface area contributed by atoms with Crippen molar-refractivity contribution in [2.75, 3.05) is 6.54 Å².